The van der Waals surface area contributed by atoms with Crippen LogP contribution in [-0.2, 0) is 13.5 Å². The standard InChI is InChI=1S/C11H22N4/c1-4-5-6-10(2)12-8-7-11-13-9-15(3)14-11/h9-10,12H,4-8H2,1-3H3. The summed E-state index contributed by atoms with van der Waals surface area (Å²) in [6.45, 7) is 5.43. The van der Waals surface area contributed by atoms with Crippen molar-refractivity contribution in [3.8, 4) is 0 Å². The lowest BCUT2D eigenvalue weighted by molar-refractivity contribution is 0.495. The van der Waals surface area contributed by atoms with E-state index in [-0.39, 0.29) is 0 Å². The van der Waals surface area contributed by atoms with Crippen molar-refractivity contribution >= 4 is 0 Å². The molecule has 1 unspecified atom stereocenters. The van der Waals surface area contributed by atoms with Crippen LogP contribution in [0.2, 0.25) is 0 Å². The van der Waals surface area contributed by atoms with Crippen molar-refractivity contribution < 1.29 is 0 Å². The van der Waals surface area contributed by atoms with Gasteiger partial charge in [-0.2, -0.15) is 5.10 Å². The molecule has 0 amide bonds. The molecule has 4 heteroatoms. The molecule has 1 aromatic heterocycles. The molecule has 0 spiro atoms. The summed E-state index contributed by atoms with van der Waals surface area (Å²) in [5.41, 5.74) is 0. The first-order valence-electron chi connectivity index (χ1n) is 5.80. The average molecular weight is 210 g/mol. The first-order valence-corrected chi connectivity index (χ1v) is 5.80. The number of hydrogen-bond donors (Lipinski definition) is 1. The predicted octanol–water partition coefficient (Wildman–Crippen LogP) is 1.53. The number of unbranched alkanes of at least 4 members (excludes halogenated alkanes) is 1. The van der Waals surface area contributed by atoms with Crippen LogP contribution >= 0.6 is 0 Å². The molecule has 0 aliphatic heterocycles. The molecule has 0 aliphatic rings. The van der Waals surface area contributed by atoms with Gasteiger partial charge < -0.3 is 5.32 Å². The van der Waals surface area contributed by atoms with Crippen LogP contribution in [0.15, 0.2) is 6.33 Å². The zero-order valence-electron chi connectivity index (χ0n) is 10.0. The van der Waals surface area contributed by atoms with Gasteiger partial charge in [-0.05, 0) is 13.3 Å². The molecule has 0 saturated carbocycles. The molecule has 0 aliphatic carbocycles. The fourth-order valence-corrected chi connectivity index (χ4v) is 1.54. The fourth-order valence-electron chi connectivity index (χ4n) is 1.54. The largest absolute Gasteiger partial charge is 0.314 e. The Morgan fingerprint density at radius 2 is 2.33 bits per heavy atom. The molecule has 4 nitrogen and oxygen atoms in total. The van der Waals surface area contributed by atoms with Crippen molar-refractivity contribution in [3.05, 3.63) is 12.2 Å². The van der Waals surface area contributed by atoms with Crippen LogP contribution in [0.5, 0.6) is 0 Å². The second-order valence-corrected chi connectivity index (χ2v) is 4.08. The van der Waals surface area contributed by atoms with E-state index in [2.05, 4.69) is 29.2 Å². The summed E-state index contributed by atoms with van der Waals surface area (Å²) in [6.07, 6.45) is 6.49. The minimum Gasteiger partial charge on any atom is -0.314 e. The fraction of sp³-hybridized carbons (Fsp3) is 0.818. The van der Waals surface area contributed by atoms with Gasteiger partial charge in [-0.1, -0.05) is 19.8 Å². The van der Waals surface area contributed by atoms with E-state index in [1.54, 1.807) is 11.0 Å². The van der Waals surface area contributed by atoms with Gasteiger partial charge in [-0.15, -0.1) is 0 Å². The van der Waals surface area contributed by atoms with Crippen LogP contribution in [-0.4, -0.2) is 27.4 Å². The lowest BCUT2D eigenvalue weighted by atomic mass is 10.1. The van der Waals surface area contributed by atoms with Crippen molar-refractivity contribution in [1.82, 2.24) is 20.1 Å². The molecule has 0 radical (unpaired) electrons. The Morgan fingerprint density at radius 1 is 1.53 bits per heavy atom. The monoisotopic (exact) mass is 210 g/mol. The molecule has 86 valence electrons. The highest BCUT2D eigenvalue weighted by atomic mass is 15.3. The maximum absolute atomic E-state index is 4.24. The molecule has 1 atom stereocenters. The van der Waals surface area contributed by atoms with Crippen LogP contribution in [0, 0.1) is 0 Å². The number of hydrogen-bond acceptors (Lipinski definition) is 3. The maximum Gasteiger partial charge on any atom is 0.151 e. The van der Waals surface area contributed by atoms with Gasteiger partial charge in [0.15, 0.2) is 5.82 Å². The zero-order valence-corrected chi connectivity index (χ0v) is 10.0. The van der Waals surface area contributed by atoms with Gasteiger partial charge in [0, 0.05) is 26.1 Å². The minimum absolute atomic E-state index is 0.605. The molecular weight excluding hydrogens is 188 g/mol. The summed E-state index contributed by atoms with van der Waals surface area (Å²) < 4.78 is 1.75. The third kappa shape index (κ3) is 4.93. The van der Waals surface area contributed by atoms with Crippen LogP contribution in [0.25, 0.3) is 0 Å². The molecule has 0 fully saturated rings. The van der Waals surface area contributed by atoms with E-state index in [0.717, 1.165) is 18.8 Å². The molecule has 1 aromatic rings. The van der Waals surface area contributed by atoms with Crippen molar-refractivity contribution in [3.63, 3.8) is 0 Å². The Kier molecular flexibility index (Phi) is 5.32. The van der Waals surface area contributed by atoms with E-state index in [9.17, 15) is 0 Å². The number of nitrogens with one attached hydrogen (secondary N) is 1. The van der Waals surface area contributed by atoms with E-state index >= 15 is 0 Å². The topological polar surface area (TPSA) is 42.7 Å². The average Bonchev–Trinajstić information content (AvgIpc) is 2.61. The lowest BCUT2D eigenvalue weighted by Gasteiger charge is -2.11. The van der Waals surface area contributed by atoms with E-state index in [4.69, 9.17) is 0 Å². The highest BCUT2D eigenvalue weighted by Gasteiger charge is 2.02. The van der Waals surface area contributed by atoms with Crippen LogP contribution in [0.1, 0.15) is 38.9 Å². The third-order valence-corrected chi connectivity index (χ3v) is 2.48. The smallest absolute Gasteiger partial charge is 0.151 e. The maximum atomic E-state index is 4.24. The summed E-state index contributed by atoms with van der Waals surface area (Å²) in [5.74, 6) is 0.924. The molecule has 1 rings (SSSR count). The number of nitrogens with zero attached hydrogens (tertiary/aromatic N) is 3. The quantitative estimate of drug-likeness (QED) is 0.742. The molecule has 1 heterocycles. The third-order valence-electron chi connectivity index (χ3n) is 2.48. The Hall–Kier alpha value is -0.900. The Bertz CT molecular complexity index is 269. The van der Waals surface area contributed by atoms with E-state index in [1.165, 1.54) is 19.3 Å². The van der Waals surface area contributed by atoms with E-state index < -0.39 is 0 Å². The second kappa shape index (κ2) is 6.56. The SMILES string of the molecule is CCCCC(C)NCCc1ncn(C)n1. The van der Waals surface area contributed by atoms with E-state index in [0.29, 0.717) is 6.04 Å². The summed E-state index contributed by atoms with van der Waals surface area (Å²) in [5, 5.41) is 7.72. The van der Waals surface area contributed by atoms with Crippen molar-refractivity contribution in [2.24, 2.45) is 7.05 Å². The molecule has 15 heavy (non-hydrogen) atoms. The van der Waals surface area contributed by atoms with Crippen molar-refractivity contribution in [2.75, 3.05) is 6.54 Å². The number of aryl methyl sites for hydroxylation is 1. The molecular formula is C11H22N4. The summed E-state index contributed by atoms with van der Waals surface area (Å²) >= 11 is 0. The minimum atomic E-state index is 0.605. The first-order chi connectivity index (χ1) is 7.22. The number of aromatic nitrogens is 3. The Labute approximate surface area is 92.1 Å². The summed E-state index contributed by atoms with van der Waals surface area (Å²) in [6, 6.07) is 0.605. The van der Waals surface area contributed by atoms with Gasteiger partial charge in [-0.3, -0.25) is 4.68 Å². The zero-order chi connectivity index (χ0) is 11.1. The van der Waals surface area contributed by atoms with Crippen LogP contribution < -0.4 is 5.32 Å². The predicted molar refractivity (Wildman–Crippen MR) is 61.7 cm³/mol. The Balaban J connectivity index is 2.10. The number of rotatable bonds is 7. The van der Waals surface area contributed by atoms with Crippen molar-refractivity contribution in [1.29, 1.82) is 0 Å². The van der Waals surface area contributed by atoms with Gasteiger partial charge in [0.1, 0.15) is 6.33 Å². The molecule has 0 saturated heterocycles. The highest BCUT2D eigenvalue weighted by Crippen LogP contribution is 1.99. The molecule has 0 bridgehead atoms. The van der Waals surface area contributed by atoms with Crippen molar-refractivity contribution in [2.45, 2.75) is 45.6 Å². The van der Waals surface area contributed by atoms with E-state index in [1.807, 2.05) is 7.05 Å². The highest BCUT2D eigenvalue weighted by molar-refractivity contribution is 4.82. The van der Waals surface area contributed by atoms with Gasteiger partial charge in [0.05, 0.1) is 0 Å². The molecule has 0 aromatic carbocycles. The summed E-state index contributed by atoms with van der Waals surface area (Å²) in [7, 11) is 1.90. The van der Waals surface area contributed by atoms with Crippen LogP contribution in [0.4, 0.5) is 0 Å². The van der Waals surface area contributed by atoms with Gasteiger partial charge in [-0.25, -0.2) is 4.98 Å². The first kappa shape index (κ1) is 12.2. The van der Waals surface area contributed by atoms with Gasteiger partial charge in [0.2, 0.25) is 0 Å². The Morgan fingerprint density at radius 3 is 2.93 bits per heavy atom. The lowest BCUT2D eigenvalue weighted by Crippen LogP contribution is -2.28. The second-order valence-electron chi connectivity index (χ2n) is 4.08. The van der Waals surface area contributed by atoms with Gasteiger partial charge in [0.25, 0.3) is 0 Å². The summed E-state index contributed by atoms with van der Waals surface area (Å²) in [4.78, 5) is 4.19. The molecule has 1 N–H and O–H groups in total. The normalized spacial score (nSPS) is 13.0. The van der Waals surface area contributed by atoms with Crippen LogP contribution in [0.3, 0.4) is 0 Å². The van der Waals surface area contributed by atoms with Gasteiger partial charge >= 0.3 is 0 Å².